The fourth-order valence-corrected chi connectivity index (χ4v) is 2.62. The van der Waals surface area contributed by atoms with Crippen LogP contribution in [0.5, 0.6) is 11.5 Å². The monoisotopic (exact) mass is 359 g/mol. The molecular weight excluding hydrogens is 334 g/mol. The third kappa shape index (κ3) is 5.85. The van der Waals surface area contributed by atoms with Gasteiger partial charge in [0, 0.05) is 13.2 Å². The minimum absolute atomic E-state index is 0.0470. The van der Waals surface area contributed by atoms with Gasteiger partial charge < -0.3 is 19.9 Å². The molecule has 2 unspecified atom stereocenters. The van der Waals surface area contributed by atoms with Gasteiger partial charge in [0.1, 0.15) is 6.10 Å². The van der Waals surface area contributed by atoms with Crippen LogP contribution in [0.1, 0.15) is 32.8 Å². The van der Waals surface area contributed by atoms with Gasteiger partial charge in [-0.15, -0.1) is 0 Å². The topological polar surface area (TPSA) is 53.7 Å². The van der Waals surface area contributed by atoms with E-state index in [4.69, 9.17) is 19.9 Å². The summed E-state index contributed by atoms with van der Waals surface area (Å²) in [5.74, 6) is 1.46. The maximum atomic E-state index is 6.03. The molecule has 0 radical (unpaired) electrons. The van der Waals surface area contributed by atoms with Gasteiger partial charge in [-0.25, -0.2) is 0 Å². The van der Waals surface area contributed by atoms with E-state index in [1.807, 2.05) is 26.0 Å². The Bertz CT molecular complexity index is 440. The summed E-state index contributed by atoms with van der Waals surface area (Å²) in [4.78, 5) is 0. The molecule has 1 aromatic rings. The lowest BCUT2D eigenvalue weighted by Gasteiger charge is -2.20. The number of hydrogen-bond donors (Lipinski definition) is 1. The second-order valence-corrected chi connectivity index (χ2v) is 5.95. The Hall–Kier alpha value is -0.780. The summed E-state index contributed by atoms with van der Waals surface area (Å²) in [6, 6.07) is 4.22. The Balaban J connectivity index is 3.00. The van der Waals surface area contributed by atoms with E-state index >= 15 is 0 Å². The fraction of sp³-hybridized carbons (Fsp3) is 0.625. The second-order valence-electron chi connectivity index (χ2n) is 5.09. The van der Waals surface area contributed by atoms with Crippen LogP contribution in [0.25, 0.3) is 0 Å². The largest absolute Gasteiger partial charge is 0.490 e. The van der Waals surface area contributed by atoms with Gasteiger partial charge in [0.2, 0.25) is 0 Å². The van der Waals surface area contributed by atoms with Crippen molar-refractivity contribution in [2.75, 3.05) is 20.3 Å². The highest BCUT2D eigenvalue weighted by atomic mass is 79.9. The average Bonchev–Trinajstić information content (AvgIpc) is 2.43. The highest BCUT2D eigenvalue weighted by molar-refractivity contribution is 9.10. The predicted molar refractivity (Wildman–Crippen MR) is 89.2 cm³/mol. The van der Waals surface area contributed by atoms with Gasteiger partial charge in [0.25, 0.3) is 0 Å². The highest BCUT2D eigenvalue weighted by Gasteiger charge is 2.16. The minimum atomic E-state index is -0.0470. The van der Waals surface area contributed by atoms with E-state index in [1.54, 1.807) is 7.11 Å². The zero-order valence-electron chi connectivity index (χ0n) is 13.3. The summed E-state index contributed by atoms with van der Waals surface area (Å²) in [5, 5.41) is 0. The number of nitrogens with two attached hydrogens (primary N) is 1. The van der Waals surface area contributed by atoms with Crippen molar-refractivity contribution >= 4 is 15.9 Å². The van der Waals surface area contributed by atoms with Gasteiger partial charge in [-0.3, -0.25) is 0 Å². The summed E-state index contributed by atoms with van der Waals surface area (Å²) in [6.45, 7) is 7.13. The van der Waals surface area contributed by atoms with Crippen molar-refractivity contribution in [2.24, 2.45) is 5.73 Å². The molecule has 21 heavy (non-hydrogen) atoms. The minimum Gasteiger partial charge on any atom is -0.490 e. The molecular formula is C16H26BrNO3. The number of methoxy groups -OCH3 is 1. The first-order valence-corrected chi connectivity index (χ1v) is 8.17. The van der Waals surface area contributed by atoms with Crippen LogP contribution in [0.2, 0.25) is 0 Å². The zero-order valence-corrected chi connectivity index (χ0v) is 14.9. The molecule has 4 nitrogen and oxygen atoms in total. The van der Waals surface area contributed by atoms with Gasteiger partial charge in [0.05, 0.1) is 17.7 Å². The number of ether oxygens (including phenoxy) is 3. The third-order valence-corrected chi connectivity index (χ3v) is 3.70. The molecule has 0 saturated carbocycles. The molecule has 0 heterocycles. The maximum Gasteiger partial charge on any atom is 0.175 e. The van der Waals surface area contributed by atoms with Crippen LogP contribution in [0.15, 0.2) is 16.6 Å². The molecule has 0 spiro atoms. The fourth-order valence-electron chi connectivity index (χ4n) is 2.03. The van der Waals surface area contributed by atoms with Crippen LogP contribution in [0.3, 0.4) is 0 Å². The lowest BCUT2D eigenvalue weighted by molar-refractivity contribution is 0.0888. The summed E-state index contributed by atoms with van der Waals surface area (Å²) in [5.41, 5.74) is 7.18. The first kappa shape index (κ1) is 18.3. The lowest BCUT2D eigenvalue weighted by atomic mass is 10.0. The summed E-state index contributed by atoms with van der Waals surface area (Å²) < 4.78 is 17.6. The van der Waals surface area contributed by atoms with Crippen LogP contribution in [0, 0.1) is 0 Å². The summed E-state index contributed by atoms with van der Waals surface area (Å²) in [6.07, 6.45) is 1.72. The quantitative estimate of drug-likeness (QED) is 0.732. The summed E-state index contributed by atoms with van der Waals surface area (Å²) in [7, 11) is 1.66. The van der Waals surface area contributed by atoms with E-state index < -0.39 is 0 Å². The molecule has 0 bridgehead atoms. The average molecular weight is 360 g/mol. The van der Waals surface area contributed by atoms with Crippen molar-refractivity contribution in [3.05, 3.63) is 22.2 Å². The van der Waals surface area contributed by atoms with E-state index in [1.165, 1.54) is 0 Å². The van der Waals surface area contributed by atoms with Gasteiger partial charge in [-0.2, -0.15) is 0 Å². The molecule has 5 heteroatoms. The Morgan fingerprint density at radius 3 is 2.57 bits per heavy atom. The molecule has 0 aliphatic carbocycles. The molecule has 1 rings (SSSR count). The Morgan fingerprint density at radius 1 is 1.29 bits per heavy atom. The molecule has 1 aromatic carbocycles. The van der Waals surface area contributed by atoms with Crippen LogP contribution in [-0.4, -0.2) is 32.5 Å². The Labute approximate surface area is 136 Å². The van der Waals surface area contributed by atoms with Crippen molar-refractivity contribution in [1.29, 1.82) is 0 Å². The summed E-state index contributed by atoms with van der Waals surface area (Å²) >= 11 is 3.57. The van der Waals surface area contributed by atoms with Gasteiger partial charge >= 0.3 is 0 Å². The molecule has 0 amide bonds. The zero-order chi connectivity index (χ0) is 15.8. The molecule has 0 saturated heterocycles. The van der Waals surface area contributed by atoms with Gasteiger partial charge in [0.15, 0.2) is 11.5 Å². The number of rotatable bonds is 9. The van der Waals surface area contributed by atoms with Crippen LogP contribution >= 0.6 is 15.9 Å². The van der Waals surface area contributed by atoms with Crippen molar-refractivity contribution in [3.63, 3.8) is 0 Å². The molecule has 0 aromatic heterocycles. The van der Waals surface area contributed by atoms with Crippen molar-refractivity contribution in [2.45, 2.75) is 45.8 Å². The standard InChI is InChI=1S/C16H26BrNO3/c1-5-13(18)7-12-8-14(17)16(15(9-12)20-6-2)21-11(3)10-19-4/h8-9,11,13H,5-7,10,18H2,1-4H3. The number of benzene rings is 1. The van der Waals surface area contributed by atoms with E-state index in [0.717, 1.165) is 34.4 Å². The molecule has 0 aliphatic heterocycles. The molecule has 2 atom stereocenters. The third-order valence-electron chi connectivity index (χ3n) is 3.11. The smallest absolute Gasteiger partial charge is 0.175 e. The lowest BCUT2D eigenvalue weighted by Crippen LogP contribution is -2.22. The predicted octanol–water partition coefficient (Wildman–Crippen LogP) is 3.54. The Morgan fingerprint density at radius 2 is 2.00 bits per heavy atom. The number of halogens is 1. The number of hydrogen-bond acceptors (Lipinski definition) is 4. The van der Waals surface area contributed by atoms with Gasteiger partial charge in [-0.05, 0) is 60.3 Å². The van der Waals surface area contributed by atoms with E-state index in [2.05, 4.69) is 22.9 Å². The first-order chi connectivity index (χ1) is 10.0. The van der Waals surface area contributed by atoms with Crippen molar-refractivity contribution < 1.29 is 14.2 Å². The maximum absolute atomic E-state index is 6.03. The van der Waals surface area contributed by atoms with E-state index in [9.17, 15) is 0 Å². The molecule has 2 N–H and O–H groups in total. The van der Waals surface area contributed by atoms with Crippen LogP contribution in [0.4, 0.5) is 0 Å². The molecule has 0 fully saturated rings. The normalized spacial score (nSPS) is 13.8. The first-order valence-electron chi connectivity index (χ1n) is 7.38. The van der Waals surface area contributed by atoms with Crippen LogP contribution in [-0.2, 0) is 11.2 Å². The SMILES string of the molecule is CCOc1cc(CC(N)CC)cc(Br)c1OC(C)COC. The van der Waals surface area contributed by atoms with Gasteiger partial charge in [-0.1, -0.05) is 6.92 Å². The molecule has 0 aliphatic rings. The second kappa shape index (κ2) is 9.28. The van der Waals surface area contributed by atoms with Crippen LogP contribution < -0.4 is 15.2 Å². The van der Waals surface area contributed by atoms with Crippen molar-refractivity contribution in [1.82, 2.24) is 0 Å². The highest BCUT2D eigenvalue weighted by Crippen LogP contribution is 2.38. The van der Waals surface area contributed by atoms with E-state index in [0.29, 0.717) is 13.2 Å². The van der Waals surface area contributed by atoms with Crippen molar-refractivity contribution in [3.8, 4) is 11.5 Å². The van der Waals surface area contributed by atoms with E-state index in [-0.39, 0.29) is 12.1 Å². The molecule has 120 valence electrons. The Kier molecular flexibility index (Phi) is 8.07.